The quantitative estimate of drug-likeness (QED) is 0.208. The SMILES string of the molecule is COC(=O)C1=C(C(=O)c2ccc(C(F)(F)F)cc2)C(=O)c2cc(OC)c(OC)c(OC)c2C1(O)c1ccc(OC)c(OC)c1. The molecular formula is C31H27F3O10. The van der Waals surface area contributed by atoms with Crippen LogP contribution < -0.4 is 23.7 Å². The van der Waals surface area contributed by atoms with Crippen molar-refractivity contribution in [3.05, 3.63) is 87.5 Å². The molecule has 0 saturated heterocycles. The normalized spacial score (nSPS) is 16.2. The van der Waals surface area contributed by atoms with Crippen molar-refractivity contribution < 1.29 is 61.1 Å². The zero-order valence-electron chi connectivity index (χ0n) is 24.4. The van der Waals surface area contributed by atoms with Crippen LogP contribution in [-0.4, -0.2) is 65.3 Å². The monoisotopic (exact) mass is 616 g/mol. The zero-order chi connectivity index (χ0) is 32.6. The van der Waals surface area contributed by atoms with Gasteiger partial charge in [0.05, 0.1) is 64.9 Å². The van der Waals surface area contributed by atoms with E-state index in [0.717, 1.165) is 19.2 Å². The summed E-state index contributed by atoms with van der Waals surface area (Å²) in [5.74, 6) is -3.43. The molecule has 0 aromatic heterocycles. The molecule has 10 nitrogen and oxygen atoms in total. The van der Waals surface area contributed by atoms with Gasteiger partial charge in [0, 0.05) is 11.1 Å². The molecule has 3 aromatic rings. The fraction of sp³-hybridized carbons (Fsp3) is 0.258. The van der Waals surface area contributed by atoms with Crippen molar-refractivity contribution in [2.24, 2.45) is 0 Å². The summed E-state index contributed by atoms with van der Waals surface area (Å²) >= 11 is 0. The molecule has 0 radical (unpaired) electrons. The van der Waals surface area contributed by atoms with Gasteiger partial charge in [0.1, 0.15) is 0 Å². The predicted molar refractivity (Wildman–Crippen MR) is 148 cm³/mol. The number of esters is 1. The van der Waals surface area contributed by atoms with E-state index in [1.54, 1.807) is 0 Å². The largest absolute Gasteiger partial charge is 0.493 e. The van der Waals surface area contributed by atoms with Gasteiger partial charge in [-0.2, -0.15) is 13.2 Å². The third kappa shape index (κ3) is 4.98. The Kier molecular flexibility index (Phi) is 8.64. The Balaban J connectivity index is 2.18. The molecule has 0 aliphatic heterocycles. The van der Waals surface area contributed by atoms with Gasteiger partial charge in [0.15, 0.2) is 40.2 Å². The van der Waals surface area contributed by atoms with E-state index in [-0.39, 0.29) is 51.0 Å². The highest BCUT2D eigenvalue weighted by Crippen LogP contribution is 2.55. The van der Waals surface area contributed by atoms with Crippen LogP contribution in [0.15, 0.2) is 59.7 Å². The molecule has 4 rings (SSSR count). The van der Waals surface area contributed by atoms with E-state index in [4.69, 9.17) is 28.4 Å². The fourth-order valence-electron chi connectivity index (χ4n) is 5.12. The average molecular weight is 617 g/mol. The summed E-state index contributed by atoms with van der Waals surface area (Å²) in [5.41, 5.74) is -6.45. The van der Waals surface area contributed by atoms with Crippen molar-refractivity contribution in [2.75, 3.05) is 42.7 Å². The van der Waals surface area contributed by atoms with E-state index in [1.165, 1.54) is 59.8 Å². The van der Waals surface area contributed by atoms with Crippen molar-refractivity contribution in [1.82, 2.24) is 0 Å². The number of hydrogen-bond acceptors (Lipinski definition) is 10. The Morgan fingerprint density at radius 2 is 1.34 bits per heavy atom. The molecule has 44 heavy (non-hydrogen) atoms. The number of methoxy groups -OCH3 is 6. The second-order valence-corrected chi connectivity index (χ2v) is 9.32. The van der Waals surface area contributed by atoms with E-state index in [1.807, 2.05) is 0 Å². The Bertz CT molecular complexity index is 1680. The van der Waals surface area contributed by atoms with E-state index >= 15 is 0 Å². The lowest BCUT2D eigenvalue weighted by atomic mass is 9.68. The number of Topliss-reactive ketones (excluding diaryl/α,β-unsaturated/α-hetero) is 2. The van der Waals surface area contributed by atoms with Gasteiger partial charge in [0.25, 0.3) is 0 Å². The van der Waals surface area contributed by atoms with Crippen LogP contribution in [0.1, 0.15) is 37.4 Å². The minimum absolute atomic E-state index is 0.0195. The highest BCUT2D eigenvalue weighted by atomic mass is 19.4. The summed E-state index contributed by atoms with van der Waals surface area (Å²) in [6.45, 7) is 0. The maximum Gasteiger partial charge on any atom is 0.416 e. The van der Waals surface area contributed by atoms with Gasteiger partial charge in [-0.3, -0.25) is 9.59 Å². The van der Waals surface area contributed by atoms with Crippen molar-refractivity contribution in [3.63, 3.8) is 0 Å². The summed E-state index contributed by atoms with van der Waals surface area (Å²) in [4.78, 5) is 41.7. The number of benzene rings is 3. The second-order valence-electron chi connectivity index (χ2n) is 9.32. The number of carbonyl (C=O) groups excluding carboxylic acids is 3. The van der Waals surface area contributed by atoms with Crippen LogP contribution in [0.2, 0.25) is 0 Å². The van der Waals surface area contributed by atoms with Crippen LogP contribution in [0.4, 0.5) is 13.2 Å². The molecule has 0 heterocycles. The number of hydrogen-bond donors (Lipinski definition) is 1. The van der Waals surface area contributed by atoms with Crippen LogP contribution in [0, 0.1) is 0 Å². The van der Waals surface area contributed by atoms with E-state index in [9.17, 15) is 32.7 Å². The Labute approximate surface area is 249 Å². The van der Waals surface area contributed by atoms with Crippen molar-refractivity contribution in [3.8, 4) is 28.7 Å². The number of halogens is 3. The summed E-state index contributed by atoms with van der Waals surface area (Å²) in [6.07, 6.45) is -4.70. The summed E-state index contributed by atoms with van der Waals surface area (Å²) in [5, 5.41) is 12.8. The molecule has 0 amide bonds. The van der Waals surface area contributed by atoms with Crippen LogP contribution in [0.5, 0.6) is 28.7 Å². The lowest BCUT2D eigenvalue weighted by Gasteiger charge is -2.38. The third-order valence-electron chi connectivity index (χ3n) is 7.17. The number of aliphatic hydroxyl groups is 1. The Morgan fingerprint density at radius 3 is 1.84 bits per heavy atom. The molecule has 1 aliphatic rings. The number of alkyl halides is 3. The fourth-order valence-corrected chi connectivity index (χ4v) is 5.12. The average Bonchev–Trinajstić information content (AvgIpc) is 3.03. The van der Waals surface area contributed by atoms with Crippen molar-refractivity contribution in [2.45, 2.75) is 11.8 Å². The number of ketones is 2. The maximum absolute atomic E-state index is 14.2. The smallest absolute Gasteiger partial charge is 0.416 e. The van der Waals surface area contributed by atoms with Crippen molar-refractivity contribution >= 4 is 17.5 Å². The van der Waals surface area contributed by atoms with Gasteiger partial charge in [-0.05, 0) is 35.9 Å². The molecule has 232 valence electrons. The molecule has 3 aromatic carbocycles. The summed E-state index contributed by atoms with van der Waals surface area (Å²) in [6, 6.07) is 8.33. The highest BCUT2D eigenvalue weighted by molar-refractivity contribution is 6.35. The molecule has 0 bridgehead atoms. The minimum Gasteiger partial charge on any atom is -0.493 e. The number of ether oxygens (including phenoxy) is 6. The van der Waals surface area contributed by atoms with Gasteiger partial charge in [-0.25, -0.2) is 4.79 Å². The first-order valence-corrected chi connectivity index (χ1v) is 12.7. The van der Waals surface area contributed by atoms with Gasteiger partial charge in [-0.1, -0.05) is 18.2 Å². The number of carbonyl (C=O) groups is 3. The third-order valence-corrected chi connectivity index (χ3v) is 7.17. The van der Waals surface area contributed by atoms with Crippen molar-refractivity contribution in [1.29, 1.82) is 0 Å². The van der Waals surface area contributed by atoms with Gasteiger partial charge in [-0.15, -0.1) is 0 Å². The molecule has 0 fully saturated rings. The summed E-state index contributed by atoms with van der Waals surface area (Å²) < 4.78 is 71.8. The first-order chi connectivity index (χ1) is 20.8. The number of fused-ring (bicyclic) bond motifs is 1. The van der Waals surface area contributed by atoms with Crippen LogP contribution >= 0.6 is 0 Å². The number of allylic oxidation sites excluding steroid dienone is 1. The number of rotatable bonds is 9. The highest BCUT2D eigenvalue weighted by Gasteiger charge is 2.54. The van der Waals surface area contributed by atoms with Crippen LogP contribution in [-0.2, 0) is 21.3 Å². The lowest BCUT2D eigenvalue weighted by molar-refractivity contribution is -0.139. The Morgan fingerprint density at radius 1 is 0.750 bits per heavy atom. The predicted octanol–water partition coefficient (Wildman–Crippen LogP) is 4.53. The van der Waals surface area contributed by atoms with Gasteiger partial charge >= 0.3 is 12.1 Å². The maximum atomic E-state index is 14.2. The standard InChI is InChI=1S/C31H27F3O10/c1-39-19-12-11-17(13-20(19)40-2)30(38)23-18(14-21(41-3)27(42-4)28(23)43-5)26(36)22(24(30)29(37)44-6)25(35)15-7-9-16(10-8-15)31(32,33)34/h7-14,38H,1-6H3. The lowest BCUT2D eigenvalue weighted by Crippen LogP contribution is -2.43. The van der Waals surface area contributed by atoms with E-state index in [2.05, 4.69) is 0 Å². The molecule has 1 atom stereocenters. The Hall–Kier alpha value is -5.04. The molecule has 0 saturated carbocycles. The second kappa shape index (κ2) is 11.9. The zero-order valence-corrected chi connectivity index (χ0v) is 24.4. The van der Waals surface area contributed by atoms with Gasteiger partial charge in [0.2, 0.25) is 5.75 Å². The minimum atomic E-state index is -4.70. The van der Waals surface area contributed by atoms with Crippen LogP contribution in [0.3, 0.4) is 0 Å². The first-order valence-electron chi connectivity index (χ1n) is 12.7. The van der Waals surface area contributed by atoms with E-state index < -0.39 is 46.0 Å². The van der Waals surface area contributed by atoms with E-state index in [0.29, 0.717) is 12.1 Å². The summed E-state index contributed by atoms with van der Waals surface area (Å²) in [7, 11) is 7.46. The molecule has 1 N–H and O–H groups in total. The van der Waals surface area contributed by atoms with Gasteiger partial charge < -0.3 is 33.5 Å². The first kappa shape index (κ1) is 31.9. The topological polar surface area (TPSA) is 127 Å². The molecule has 13 heteroatoms. The molecule has 1 unspecified atom stereocenters. The molecule has 1 aliphatic carbocycles. The molecular weight excluding hydrogens is 589 g/mol. The molecule has 0 spiro atoms. The van der Waals surface area contributed by atoms with Crippen LogP contribution in [0.25, 0.3) is 0 Å².